The molecule has 0 spiro atoms. The summed E-state index contributed by atoms with van der Waals surface area (Å²) in [7, 11) is 1.67. The van der Waals surface area contributed by atoms with Crippen molar-refractivity contribution in [3.05, 3.63) is 35.6 Å². The van der Waals surface area contributed by atoms with E-state index in [0.717, 1.165) is 5.56 Å². The lowest BCUT2D eigenvalue weighted by Gasteiger charge is -2.18. The van der Waals surface area contributed by atoms with Crippen LogP contribution < -0.4 is 0 Å². The second-order valence-electron chi connectivity index (χ2n) is 4.11. The maximum Gasteiger partial charge on any atom is 0.226 e. The van der Waals surface area contributed by atoms with Gasteiger partial charge < -0.3 is 4.90 Å². The van der Waals surface area contributed by atoms with Crippen molar-refractivity contribution in [2.45, 2.75) is 13.3 Å². The average molecular weight is 234 g/mol. The van der Waals surface area contributed by atoms with Crippen LogP contribution in [-0.4, -0.2) is 24.4 Å². The second-order valence-corrected chi connectivity index (χ2v) is 4.11. The number of hydrogen-bond donors (Lipinski definition) is 0. The van der Waals surface area contributed by atoms with Gasteiger partial charge in [0, 0.05) is 13.6 Å². The van der Waals surface area contributed by atoms with Crippen LogP contribution in [0.1, 0.15) is 12.5 Å². The molecule has 1 rings (SSSR count). The monoisotopic (exact) mass is 234 g/mol. The van der Waals surface area contributed by atoms with E-state index in [0.29, 0.717) is 6.54 Å². The van der Waals surface area contributed by atoms with Gasteiger partial charge in [0.2, 0.25) is 5.91 Å². The Kier molecular flexibility index (Phi) is 4.65. The third-order valence-electron chi connectivity index (χ3n) is 2.46. The van der Waals surface area contributed by atoms with E-state index in [9.17, 15) is 9.18 Å². The summed E-state index contributed by atoms with van der Waals surface area (Å²) in [6.07, 6.45) is 0.231. The summed E-state index contributed by atoms with van der Waals surface area (Å²) in [6.45, 7) is 2.18. The zero-order valence-corrected chi connectivity index (χ0v) is 9.98. The molecular weight excluding hydrogens is 219 g/mol. The summed E-state index contributed by atoms with van der Waals surface area (Å²) in [5.41, 5.74) is 0.771. The number of nitriles is 1. The van der Waals surface area contributed by atoms with Gasteiger partial charge in [-0.2, -0.15) is 5.26 Å². The lowest BCUT2D eigenvalue weighted by atomic mass is 10.1. The van der Waals surface area contributed by atoms with Crippen LogP contribution in [0.5, 0.6) is 0 Å². The topological polar surface area (TPSA) is 44.1 Å². The molecule has 17 heavy (non-hydrogen) atoms. The molecule has 4 heteroatoms. The van der Waals surface area contributed by atoms with Crippen LogP contribution in [0, 0.1) is 23.1 Å². The van der Waals surface area contributed by atoms with E-state index in [1.807, 2.05) is 0 Å². The minimum atomic E-state index is -0.312. The van der Waals surface area contributed by atoms with E-state index in [1.54, 1.807) is 26.1 Å². The van der Waals surface area contributed by atoms with E-state index in [1.165, 1.54) is 17.0 Å². The van der Waals surface area contributed by atoms with Gasteiger partial charge in [0.25, 0.3) is 0 Å². The highest BCUT2D eigenvalue weighted by Gasteiger charge is 2.12. The molecule has 0 radical (unpaired) electrons. The van der Waals surface area contributed by atoms with Crippen molar-refractivity contribution in [3.63, 3.8) is 0 Å². The molecule has 1 atom stereocenters. The minimum absolute atomic E-state index is 0.0706. The van der Waals surface area contributed by atoms with E-state index in [2.05, 4.69) is 6.07 Å². The van der Waals surface area contributed by atoms with Crippen molar-refractivity contribution in [1.29, 1.82) is 5.26 Å². The highest BCUT2D eigenvalue weighted by molar-refractivity contribution is 5.78. The Labute approximate surface area is 100 Å². The first-order valence-corrected chi connectivity index (χ1v) is 5.41. The smallest absolute Gasteiger partial charge is 0.226 e. The number of amides is 1. The molecule has 1 aromatic carbocycles. The van der Waals surface area contributed by atoms with Gasteiger partial charge >= 0.3 is 0 Å². The van der Waals surface area contributed by atoms with Crippen molar-refractivity contribution in [1.82, 2.24) is 4.90 Å². The Bertz CT molecular complexity index is 422. The fraction of sp³-hybridized carbons (Fsp3) is 0.385. The number of rotatable bonds is 4. The number of nitrogens with zero attached hydrogens (tertiary/aromatic N) is 2. The molecule has 0 aliphatic carbocycles. The van der Waals surface area contributed by atoms with Crippen molar-refractivity contribution in [2.24, 2.45) is 5.92 Å². The summed E-state index contributed by atoms with van der Waals surface area (Å²) in [4.78, 5) is 13.3. The number of hydrogen-bond acceptors (Lipinski definition) is 2. The van der Waals surface area contributed by atoms with Gasteiger partial charge in [0.1, 0.15) is 5.82 Å². The first-order valence-electron chi connectivity index (χ1n) is 5.41. The first-order chi connectivity index (χ1) is 8.02. The van der Waals surface area contributed by atoms with Gasteiger partial charge in [0.05, 0.1) is 18.4 Å². The minimum Gasteiger partial charge on any atom is -0.344 e. The van der Waals surface area contributed by atoms with Crippen LogP contribution >= 0.6 is 0 Å². The Morgan fingerprint density at radius 3 is 2.59 bits per heavy atom. The van der Waals surface area contributed by atoms with Gasteiger partial charge in [-0.3, -0.25) is 4.79 Å². The van der Waals surface area contributed by atoms with E-state index >= 15 is 0 Å². The fourth-order valence-electron chi connectivity index (χ4n) is 1.47. The van der Waals surface area contributed by atoms with Gasteiger partial charge in [-0.1, -0.05) is 12.1 Å². The van der Waals surface area contributed by atoms with Crippen LogP contribution in [-0.2, 0) is 11.2 Å². The molecule has 0 aliphatic heterocycles. The van der Waals surface area contributed by atoms with E-state index in [4.69, 9.17) is 5.26 Å². The molecule has 0 aromatic heterocycles. The number of halogens is 1. The van der Waals surface area contributed by atoms with Crippen molar-refractivity contribution in [3.8, 4) is 6.07 Å². The fourth-order valence-corrected chi connectivity index (χ4v) is 1.47. The SMILES string of the molecule is CC(C#N)CN(C)C(=O)Cc1ccc(F)cc1. The lowest BCUT2D eigenvalue weighted by Crippen LogP contribution is -2.31. The molecule has 1 unspecified atom stereocenters. The Hall–Kier alpha value is -1.89. The van der Waals surface area contributed by atoms with Crippen LogP contribution in [0.25, 0.3) is 0 Å². The molecule has 90 valence electrons. The Balaban J connectivity index is 2.54. The molecule has 0 aliphatic rings. The predicted octanol–water partition coefficient (Wildman–Crippen LogP) is 1.99. The third-order valence-corrected chi connectivity index (χ3v) is 2.46. The van der Waals surface area contributed by atoms with Crippen LogP contribution in [0.15, 0.2) is 24.3 Å². The molecule has 0 fully saturated rings. The lowest BCUT2D eigenvalue weighted by molar-refractivity contribution is -0.129. The maximum absolute atomic E-state index is 12.7. The average Bonchev–Trinajstić information content (AvgIpc) is 2.31. The molecule has 0 bridgehead atoms. The van der Waals surface area contributed by atoms with Crippen LogP contribution in [0.4, 0.5) is 4.39 Å². The van der Waals surface area contributed by atoms with Gasteiger partial charge in [-0.15, -0.1) is 0 Å². The maximum atomic E-state index is 12.7. The standard InChI is InChI=1S/C13H15FN2O/c1-10(8-15)9-16(2)13(17)7-11-3-5-12(14)6-4-11/h3-6,10H,7,9H2,1-2H3. The quantitative estimate of drug-likeness (QED) is 0.799. The first kappa shape index (κ1) is 13.2. The number of carbonyl (C=O) groups is 1. The number of benzene rings is 1. The number of likely N-dealkylation sites (N-methyl/N-ethyl adjacent to an activating group) is 1. The molecule has 0 saturated carbocycles. The molecule has 3 nitrogen and oxygen atoms in total. The Morgan fingerprint density at radius 1 is 1.47 bits per heavy atom. The molecule has 1 amide bonds. The van der Waals surface area contributed by atoms with E-state index in [-0.39, 0.29) is 24.1 Å². The second kappa shape index (κ2) is 6.00. The molecular formula is C13H15FN2O. The normalized spacial score (nSPS) is 11.6. The van der Waals surface area contributed by atoms with Crippen molar-refractivity contribution >= 4 is 5.91 Å². The molecule has 1 aromatic rings. The molecule has 0 heterocycles. The largest absolute Gasteiger partial charge is 0.344 e. The third kappa shape index (κ3) is 4.23. The van der Waals surface area contributed by atoms with Crippen LogP contribution in [0.3, 0.4) is 0 Å². The van der Waals surface area contributed by atoms with Crippen LogP contribution in [0.2, 0.25) is 0 Å². The predicted molar refractivity (Wildman–Crippen MR) is 62.5 cm³/mol. The van der Waals surface area contributed by atoms with Crippen molar-refractivity contribution in [2.75, 3.05) is 13.6 Å². The number of carbonyl (C=O) groups excluding carboxylic acids is 1. The summed E-state index contributed by atoms with van der Waals surface area (Å²) in [5, 5.41) is 8.66. The van der Waals surface area contributed by atoms with Crippen molar-refractivity contribution < 1.29 is 9.18 Å². The summed E-state index contributed by atoms with van der Waals surface area (Å²) < 4.78 is 12.7. The zero-order chi connectivity index (χ0) is 12.8. The highest BCUT2D eigenvalue weighted by atomic mass is 19.1. The molecule has 0 saturated heterocycles. The van der Waals surface area contributed by atoms with Gasteiger partial charge in [-0.25, -0.2) is 4.39 Å². The summed E-state index contributed by atoms with van der Waals surface area (Å²) in [5.74, 6) is -0.566. The Morgan fingerprint density at radius 2 is 2.06 bits per heavy atom. The van der Waals surface area contributed by atoms with Gasteiger partial charge in [0.15, 0.2) is 0 Å². The van der Waals surface area contributed by atoms with E-state index < -0.39 is 0 Å². The highest BCUT2D eigenvalue weighted by Crippen LogP contribution is 2.06. The van der Waals surface area contributed by atoms with Gasteiger partial charge in [-0.05, 0) is 24.6 Å². The zero-order valence-electron chi connectivity index (χ0n) is 9.98. The summed E-state index contributed by atoms with van der Waals surface area (Å²) in [6, 6.07) is 7.93. The molecule has 0 N–H and O–H groups in total. The summed E-state index contributed by atoms with van der Waals surface area (Å²) >= 11 is 0.